The first kappa shape index (κ1) is 50.9. The maximum absolute atomic E-state index is 12.3. The highest BCUT2D eigenvalue weighted by Gasteiger charge is 2.16. The van der Waals surface area contributed by atoms with Gasteiger partial charge in [-0.15, -0.1) is 0 Å². The van der Waals surface area contributed by atoms with Gasteiger partial charge in [-0.25, -0.2) is 0 Å². The van der Waals surface area contributed by atoms with Crippen LogP contribution >= 0.6 is 0 Å². The molecule has 52 heavy (non-hydrogen) atoms. The van der Waals surface area contributed by atoms with Crippen molar-refractivity contribution in [3.63, 3.8) is 0 Å². The van der Waals surface area contributed by atoms with Crippen LogP contribution in [0, 0.1) is 17.8 Å². The molecule has 0 saturated carbocycles. The Hall–Kier alpha value is -1.10. The van der Waals surface area contributed by atoms with E-state index < -0.39 is 0 Å². The molecular weight excluding hydrogens is 643 g/mol. The highest BCUT2D eigenvalue weighted by atomic mass is 16.5. The van der Waals surface area contributed by atoms with Crippen molar-refractivity contribution in [2.24, 2.45) is 17.8 Å². The summed E-state index contributed by atoms with van der Waals surface area (Å²) in [5, 5.41) is 0. The van der Waals surface area contributed by atoms with Gasteiger partial charge in [0.15, 0.2) is 0 Å². The molecule has 5 nitrogen and oxygen atoms in total. The van der Waals surface area contributed by atoms with Gasteiger partial charge in [0.05, 0.1) is 13.2 Å². The van der Waals surface area contributed by atoms with Crippen molar-refractivity contribution in [2.75, 3.05) is 33.4 Å². The maximum atomic E-state index is 12.3. The van der Waals surface area contributed by atoms with Crippen LogP contribution in [0.2, 0.25) is 0 Å². The first-order chi connectivity index (χ1) is 25.4. The third-order valence-electron chi connectivity index (χ3n) is 11.4. The minimum Gasteiger partial charge on any atom is -0.466 e. The molecule has 0 aromatic carbocycles. The van der Waals surface area contributed by atoms with Crippen molar-refractivity contribution in [1.82, 2.24) is 4.90 Å². The van der Waals surface area contributed by atoms with E-state index in [1.807, 2.05) is 0 Å². The van der Waals surface area contributed by atoms with Crippen LogP contribution in [-0.4, -0.2) is 50.2 Å². The van der Waals surface area contributed by atoms with E-state index in [1.54, 1.807) is 0 Å². The Labute approximate surface area is 326 Å². The molecule has 0 unspecified atom stereocenters. The third kappa shape index (κ3) is 34.7. The molecule has 0 saturated heterocycles. The molecule has 0 aliphatic carbocycles. The highest BCUT2D eigenvalue weighted by Crippen LogP contribution is 2.23. The molecule has 0 heterocycles. The summed E-state index contributed by atoms with van der Waals surface area (Å²) in [5.41, 5.74) is 0. The normalized spacial score (nSPS) is 11.8. The largest absolute Gasteiger partial charge is 0.466 e. The van der Waals surface area contributed by atoms with Crippen molar-refractivity contribution in [1.29, 1.82) is 0 Å². The monoisotopic (exact) mass is 736 g/mol. The summed E-state index contributed by atoms with van der Waals surface area (Å²) >= 11 is 0. The second kappa shape index (κ2) is 39.6. The number of carbonyl (C=O) groups is 2. The molecule has 0 N–H and O–H groups in total. The van der Waals surface area contributed by atoms with E-state index in [-0.39, 0.29) is 11.9 Å². The molecule has 0 aliphatic heterocycles. The Bertz CT molecular complexity index is 686. The summed E-state index contributed by atoms with van der Waals surface area (Å²) in [7, 11) is 2.28. The van der Waals surface area contributed by atoms with Crippen LogP contribution in [0.3, 0.4) is 0 Å². The van der Waals surface area contributed by atoms with Crippen molar-refractivity contribution < 1.29 is 19.1 Å². The van der Waals surface area contributed by atoms with Gasteiger partial charge in [0.1, 0.15) is 0 Å². The molecule has 310 valence electrons. The fourth-order valence-electron chi connectivity index (χ4n) is 7.72. The van der Waals surface area contributed by atoms with Gasteiger partial charge in [-0.3, -0.25) is 9.59 Å². The topological polar surface area (TPSA) is 55.8 Å². The van der Waals surface area contributed by atoms with Crippen LogP contribution in [0.5, 0.6) is 0 Å². The Morgan fingerprint density at radius 1 is 0.404 bits per heavy atom. The maximum Gasteiger partial charge on any atom is 0.306 e. The predicted molar refractivity (Wildman–Crippen MR) is 226 cm³/mol. The lowest BCUT2D eigenvalue weighted by Gasteiger charge is -2.23. The van der Waals surface area contributed by atoms with Gasteiger partial charge in [-0.05, 0) is 82.7 Å². The number of rotatable bonds is 41. The summed E-state index contributed by atoms with van der Waals surface area (Å²) in [6.45, 7) is 14.8. The lowest BCUT2D eigenvalue weighted by molar-refractivity contribution is -0.146. The summed E-state index contributed by atoms with van der Waals surface area (Å²) in [5.74, 6) is 1.95. The number of carbonyl (C=O) groups excluding carboxylic acids is 2. The molecule has 0 bridgehead atoms. The van der Waals surface area contributed by atoms with E-state index in [0.717, 1.165) is 25.3 Å². The number of hydrogen-bond donors (Lipinski definition) is 0. The zero-order valence-electron chi connectivity index (χ0n) is 36.3. The first-order valence-electron chi connectivity index (χ1n) is 23.4. The smallest absolute Gasteiger partial charge is 0.306 e. The molecule has 0 aromatic heterocycles. The molecule has 0 aromatic rings. The van der Waals surface area contributed by atoms with Crippen LogP contribution in [0.15, 0.2) is 0 Å². The number of hydrogen-bond acceptors (Lipinski definition) is 5. The number of nitrogens with zero attached hydrogens (tertiary/aromatic N) is 1. The van der Waals surface area contributed by atoms with E-state index in [9.17, 15) is 9.59 Å². The van der Waals surface area contributed by atoms with Crippen LogP contribution < -0.4 is 0 Å². The quantitative estimate of drug-likeness (QED) is 0.0462. The van der Waals surface area contributed by atoms with Crippen molar-refractivity contribution in [3.05, 3.63) is 0 Å². The Balaban J connectivity index is 3.87. The zero-order valence-corrected chi connectivity index (χ0v) is 36.3. The van der Waals surface area contributed by atoms with E-state index >= 15 is 0 Å². The Kier molecular flexibility index (Phi) is 38.8. The third-order valence-corrected chi connectivity index (χ3v) is 11.4. The molecule has 5 heteroatoms. The average Bonchev–Trinajstić information content (AvgIpc) is 3.14. The van der Waals surface area contributed by atoms with Gasteiger partial charge in [0.2, 0.25) is 0 Å². The molecule has 0 aliphatic rings. The Morgan fingerprint density at radius 2 is 0.692 bits per heavy atom. The number of ether oxygens (including phenoxy) is 2. The van der Waals surface area contributed by atoms with E-state index in [0.29, 0.717) is 37.9 Å². The Morgan fingerprint density at radius 3 is 1.00 bits per heavy atom. The SMILES string of the molecule is CCCCC(CCCC)CC(=O)OCCCCCCCCCCC(CCCCCCCCCCOC(=O)CC(CCCC)CCCC)CN(C)CC. The lowest BCUT2D eigenvalue weighted by atomic mass is 9.93. The van der Waals surface area contributed by atoms with Gasteiger partial charge in [0.25, 0.3) is 0 Å². The molecular formula is C47H93NO4. The van der Waals surface area contributed by atoms with Crippen molar-refractivity contribution >= 4 is 11.9 Å². The fourth-order valence-corrected chi connectivity index (χ4v) is 7.72. The molecule has 0 amide bonds. The molecule has 0 radical (unpaired) electrons. The van der Waals surface area contributed by atoms with Crippen LogP contribution in [0.4, 0.5) is 0 Å². The predicted octanol–water partition coefficient (Wildman–Crippen LogP) is 14.4. The van der Waals surface area contributed by atoms with Crippen LogP contribution in [-0.2, 0) is 19.1 Å². The van der Waals surface area contributed by atoms with Crippen LogP contribution in [0.1, 0.15) is 240 Å². The van der Waals surface area contributed by atoms with Gasteiger partial charge in [0, 0.05) is 19.4 Å². The van der Waals surface area contributed by atoms with Gasteiger partial charge in [-0.1, -0.05) is 176 Å². The van der Waals surface area contributed by atoms with Crippen LogP contribution in [0.25, 0.3) is 0 Å². The second-order valence-corrected chi connectivity index (χ2v) is 16.6. The van der Waals surface area contributed by atoms with Gasteiger partial charge in [-0.2, -0.15) is 0 Å². The van der Waals surface area contributed by atoms with E-state index in [1.165, 1.54) is 186 Å². The van der Waals surface area contributed by atoms with Gasteiger partial charge < -0.3 is 14.4 Å². The summed E-state index contributed by atoms with van der Waals surface area (Å²) in [6, 6.07) is 0. The highest BCUT2D eigenvalue weighted by molar-refractivity contribution is 5.70. The molecule has 0 fully saturated rings. The minimum absolute atomic E-state index is 0.0309. The summed E-state index contributed by atoms with van der Waals surface area (Å²) in [6.07, 6.45) is 38.9. The first-order valence-corrected chi connectivity index (χ1v) is 23.4. The van der Waals surface area contributed by atoms with Crippen molar-refractivity contribution in [2.45, 2.75) is 240 Å². The van der Waals surface area contributed by atoms with Gasteiger partial charge >= 0.3 is 11.9 Å². The molecule has 0 rings (SSSR count). The molecule has 0 spiro atoms. The van der Waals surface area contributed by atoms with Crippen molar-refractivity contribution in [3.8, 4) is 0 Å². The fraction of sp³-hybridized carbons (Fsp3) is 0.957. The standard InChI is InChI=1S/C47H93NO4/c1-7-12-32-43(33-13-8-2)40-46(49)51-38-30-26-22-18-16-20-24-28-36-45(42-48(6)11-5)37-29-25-21-17-19-23-27-31-39-52-47(50)41-44(34-14-9-3)35-15-10-4/h43-45H,7-42H2,1-6H3. The summed E-state index contributed by atoms with van der Waals surface area (Å²) < 4.78 is 11.2. The van der Waals surface area contributed by atoms with E-state index in [2.05, 4.69) is 46.6 Å². The number of esters is 2. The number of unbranched alkanes of at least 4 members (excludes halogenated alkanes) is 18. The minimum atomic E-state index is 0.0309. The second-order valence-electron chi connectivity index (χ2n) is 16.6. The average molecular weight is 736 g/mol. The lowest BCUT2D eigenvalue weighted by Crippen LogP contribution is -2.25. The zero-order chi connectivity index (χ0) is 38.3. The van der Waals surface area contributed by atoms with E-state index in [4.69, 9.17) is 9.47 Å². The molecule has 0 atom stereocenters. The summed E-state index contributed by atoms with van der Waals surface area (Å²) in [4.78, 5) is 27.2.